The van der Waals surface area contributed by atoms with Crippen LogP contribution in [0.5, 0.6) is 5.75 Å². The number of nitrogens with one attached hydrogen (secondary N) is 1. The average Bonchev–Trinajstić information content (AvgIpc) is 2.84. The maximum Gasteiger partial charge on any atom is 0.188 e. The summed E-state index contributed by atoms with van der Waals surface area (Å²) in [6.45, 7) is 2.07. The molecule has 1 N–H and O–H groups in total. The van der Waals surface area contributed by atoms with Crippen LogP contribution < -0.4 is 10.1 Å². The monoisotopic (exact) mass is 348 g/mol. The van der Waals surface area contributed by atoms with Gasteiger partial charge in [-0.3, -0.25) is 0 Å². The Morgan fingerprint density at radius 3 is 2.80 bits per heavy atom. The summed E-state index contributed by atoms with van der Waals surface area (Å²) in [4.78, 5) is 4.58. The van der Waals surface area contributed by atoms with Crippen molar-refractivity contribution in [1.82, 2.24) is 4.98 Å². The summed E-state index contributed by atoms with van der Waals surface area (Å²) >= 11 is 5.12. The lowest BCUT2D eigenvalue weighted by molar-refractivity contribution is 0.415. The van der Waals surface area contributed by atoms with Gasteiger partial charge in [0.1, 0.15) is 5.75 Å². The topological polar surface area (TPSA) is 34.1 Å². The molecule has 1 aromatic heterocycles. The molecule has 0 saturated carbocycles. The molecule has 102 valence electrons. The molecule has 0 saturated heterocycles. The Morgan fingerprint density at radius 2 is 2.05 bits per heavy atom. The van der Waals surface area contributed by atoms with Gasteiger partial charge in [-0.05, 0) is 48.9 Å². The van der Waals surface area contributed by atoms with E-state index in [4.69, 9.17) is 4.74 Å². The first-order valence-corrected chi connectivity index (χ1v) is 7.74. The molecule has 3 nitrogen and oxygen atoms in total. The van der Waals surface area contributed by atoms with Crippen molar-refractivity contribution in [3.63, 3.8) is 0 Å². The number of anilines is 2. The zero-order valence-corrected chi connectivity index (χ0v) is 13.5. The second-order valence-electron chi connectivity index (χ2n) is 4.44. The first-order valence-electron chi connectivity index (χ1n) is 6.13. The predicted octanol–water partition coefficient (Wildman–Crippen LogP) is 5.12. The van der Waals surface area contributed by atoms with Gasteiger partial charge in [0, 0.05) is 10.2 Å². The Labute approximate surface area is 129 Å². The molecule has 0 atom stereocenters. The van der Waals surface area contributed by atoms with Gasteiger partial charge in [0.25, 0.3) is 0 Å². The molecule has 0 aliphatic carbocycles. The number of aromatic nitrogens is 1. The van der Waals surface area contributed by atoms with Crippen LogP contribution in [0.3, 0.4) is 0 Å². The quantitative estimate of drug-likeness (QED) is 0.713. The highest BCUT2D eigenvalue weighted by Crippen LogP contribution is 2.31. The Bertz CT molecular complexity index is 770. The van der Waals surface area contributed by atoms with Gasteiger partial charge in [0.05, 0.1) is 17.3 Å². The van der Waals surface area contributed by atoms with Crippen molar-refractivity contribution >= 4 is 48.3 Å². The molecule has 0 amide bonds. The lowest BCUT2D eigenvalue weighted by Gasteiger charge is -2.04. The van der Waals surface area contributed by atoms with Crippen LogP contribution in [0.1, 0.15) is 5.56 Å². The van der Waals surface area contributed by atoms with Crippen LogP contribution in [0.2, 0.25) is 0 Å². The number of fused-ring (bicyclic) bond motifs is 1. The maximum atomic E-state index is 5.23. The first kappa shape index (κ1) is 13.4. The van der Waals surface area contributed by atoms with E-state index in [-0.39, 0.29) is 0 Å². The van der Waals surface area contributed by atoms with Crippen molar-refractivity contribution in [2.75, 3.05) is 12.4 Å². The highest BCUT2D eigenvalue weighted by molar-refractivity contribution is 9.10. The number of halogens is 1. The molecule has 0 fully saturated rings. The average molecular weight is 349 g/mol. The zero-order chi connectivity index (χ0) is 14.1. The molecule has 2 aromatic carbocycles. The zero-order valence-electron chi connectivity index (χ0n) is 11.1. The highest BCUT2D eigenvalue weighted by Gasteiger charge is 2.06. The molecular formula is C15H13BrN2OS. The summed E-state index contributed by atoms with van der Waals surface area (Å²) in [5.41, 5.74) is 3.21. The van der Waals surface area contributed by atoms with Crippen LogP contribution in [0, 0.1) is 6.92 Å². The van der Waals surface area contributed by atoms with E-state index in [2.05, 4.69) is 39.2 Å². The summed E-state index contributed by atoms with van der Waals surface area (Å²) < 4.78 is 7.45. The molecule has 0 aliphatic heterocycles. The fourth-order valence-electron chi connectivity index (χ4n) is 1.93. The van der Waals surface area contributed by atoms with Crippen LogP contribution >= 0.6 is 27.3 Å². The smallest absolute Gasteiger partial charge is 0.188 e. The largest absolute Gasteiger partial charge is 0.497 e. The van der Waals surface area contributed by atoms with Gasteiger partial charge in [0.2, 0.25) is 0 Å². The lowest BCUT2D eigenvalue weighted by atomic mass is 10.2. The van der Waals surface area contributed by atoms with Crippen LogP contribution in [-0.4, -0.2) is 12.1 Å². The molecule has 3 rings (SSSR count). The van der Waals surface area contributed by atoms with Crippen LogP contribution in [0.15, 0.2) is 40.9 Å². The summed E-state index contributed by atoms with van der Waals surface area (Å²) in [5.74, 6) is 0.854. The highest BCUT2D eigenvalue weighted by atomic mass is 79.9. The van der Waals surface area contributed by atoms with Crippen LogP contribution in [-0.2, 0) is 0 Å². The van der Waals surface area contributed by atoms with E-state index >= 15 is 0 Å². The minimum absolute atomic E-state index is 0.854. The number of hydrogen-bond acceptors (Lipinski definition) is 4. The van der Waals surface area contributed by atoms with Gasteiger partial charge in [-0.15, -0.1) is 0 Å². The molecule has 0 aliphatic rings. The van der Waals surface area contributed by atoms with Crippen LogP contribution in [0.4, 0.5) is 10.8 Å². The third kappa shape index (κ3) is 2.64. The van der Waals surface area contributed by atoms with Gasteiger partial charge in [-0.2, -0.15) is 0 Å². The van der Waals surface area contributed by atoms with Crippen molar-refractivity contribution in [3.05, 3.63) is 46.4 Å². The van der Waals surface area contributed by atoms with E-state index in [0.717, 1.165) is 31.3 Å². The number of hydrogen-bond donors (Lipinski definition) is 1. The SMILES string of the molecule is COc1ccc2nc(Nc3ccc(Br)c(C)c3)sc2c1. The number of ether oxygens (including phenoxy) is 1. The Balaban J connectivity index is 1.92. The number of thiazole rings is 1. The predicted molar refractivity (Wildman–Crippen MR) is 88.3 cm³/mol. The second kappa shape index (κ2) is 5.42. The van der Waals surface area contributed by atoms with E-state index in [9.17, 15) is 0 Å². The molecule has 1 heterocycles. The van der Waals surface area contributed by atoms with Gasteiger partial charge in [0.15, 0.2) is 5.13 Å². The number of rotatable bonds is 3. The Morgan fingerprint density at radius 1 is 1.20 bits per heavy atom. The van der Waals surface area contributed by atoms with Crippen molar-refractivity contribution in [1.29, 1.82) is 0 Å². The Kier molecular flexibility index (Phi) is 3.63. The molecule has 3 aromatic rings. The number of nitrogens with zero attached hydrogens (tertiary/aromatic N) is 1. The summed E-state index contributed by atoms with van der Waals surface area (Å²) in [6, 6.07) is 12.1. The fraction of sp³-hybridized carbons (Fsp3) is 0.133. The minimum atomic E-state index is 0.854. The van der Waals surface area contributed by atoms with Gasteiger partial charge in [-0.25, -0.2) is 4.98 Å². The van der Waals surface area contributed by atoms with Crippen molar-refractivity contribution in [2.24, 2.45) is 0 Å². The normalized spacial score (nSPS) is 10.8. The standard InChI is InChI=1S/C15H13BrN2OS/c1-9-7-10(3-5-12(9)16)17-15-18-13-6-4-11(19-2)8-14(13)20-15/h3-8H,1-2H3,(H,17,18). The molecule has 0 unspecified atom stereocenters. The third-order valence-electron chi connectivity index (χ3n) is 3.00. The molecule has 0 radical (unpaired) electrons. The number of benzene rings is 2. The van der Waals surface area contributed by atoms with E-state index in [0.29, 0.717) is 0 Å². The lowest BCUT2D eigenvalue weighted by Crippen LogP contribution is -1.89. The molecule has 0 bridgehead atoms. The maximum absolute atomic E-state index is 5.23. The fourth-order valence-corrected chi connectivity index (χ4v) is 3.09. The first-order chi connectivity index (χ1) is 9.65. The van der Waals surface area contributed by atoms with Gasteiger partial charge >= 0.3 is 0 Å². The van der Waals surface area contributed by atoms with Crippen molar-refractivity contribution < 1.29 is 4.74 Å². The number of methoxy groups -OCH3 is 1. The van der Waals surface area contributed by atoms with E-state index < -0.39 is 0 Å². The summed E-state index contributed by atoms with van der Waals surface area (Å²) in [5, 5.41) is 4.23. The van der Waals surface area contributed by atoms with Gasteiger partial charge < -0.3 is 10.1 Å². The molecule has 5 heteroatoms. The van der Waals surface area contributed by atoms with E-state index in [1.54, 1.807) is 18.4 Å². The van der Waals surface area contributed by atoms with Gasteiger partial charge in [-0.1, -0.05) is 27.3 Å². The van der Waals surface area contributed by atoms with Crippen molar-refractivity contribution in [2.45, 2.75) is 6.92 Å². The third-order valence-corrected chi connectivity index (χ3v) is 4.83. The number of aryl methyl sites for hydroxylation is 1. The summed E-state index contributed by atoms with van der Waals surface area (Å²) in [6.07, 6.45) is 0. The van der Waals surface area contributed by atoms with E-state index in [1.807, 2.05) is 30.3 Å². The van der Waals surface area contributed by atoms with E-state index in [1.165, 1.54) is 5.56 Å². The minimum Gasteiger partial charge on any atom is -0.497 e. The second-order valence-corrected chi connectivity index (χ2v) is 6.33. The molecule has 0 spiro atoms. The summed E-state index contributed by atoms with van der Waals surface area (Å²) in [7, 11) is 1.67. The Hall–Kier alpha value is -1.59. The molecule has 20 heavy (non-hydrogen) atoms. The van der Waals surface area contributed by atoms with Crippen molar-refractivity contribution in [3.8, 4) is 5.75 Å². The van der Waals surface area contributed by atoms with Crippen LogP contribution in [0.25, 0.3) is 10.2 Å². The molecular weight excluding hydrogens is 336 g/mol.